The van der Waals surface area contributed by atoms with Crippen molar-refractivity contribution in [1.82, 2.24) is 0 Å². The van der Waals surface area contributed by atoms with Crippen LogP contribution in [0.2, 0.25) is 0 Å². The topological polar surface area (TPSA) is 63.3 Å². The fraction of sp³-hybridized carbons (Fsp3) is 0.417. The lowest BCUT2D eigenvalue weighted by atomic mass is 9.93. The van der Waals surface area contributed by atoms with Gasteiger partial charge in [0, 0.05) is 0 Å². The predicted molar refractivity (Wildman–Crippen MR) is 59.8 cm³/mol. The number of hydrogen-bond donors (Lipinski definition) is 2. The lowest BCUT2D eigenvalue weighted by Crippen LogP contribution is -2.32. The number of nitrogens with two attached hydrogens (primary N) is 1. The lowest BCUT2D eigenvalue weighted by molar-refractivity contribution is -0.138. The van der Waals surface area contributed by atoms with Crippen molar-refractivity contribution in [3.63, 3.8) is 0 Å². The number of hydrogen-bond acceptors (Lipinski definition) is 2. The van der Waals surface area contributed by atoms with Crippen LogP contribution in [0.3, 0.4) is 0 Å². The maximum atomic E-state index is 10.7. The van der Waals surface area contributed by atoms with Crippen molar-refractivity contribution < 1.29 is 9.90 Å². The Morgan fingerprint density at radius 2 is 2.00 bits per heavy atom. The zero-order chi connectivity index (χ0) is 11.4. The van der Waals surface area contributed by atoms with Gasteiger partial charge in [-0.2, -0.15) is 0 Å². The summed E-state index contributed by atoms with van der Waals surface area (Å²) in [4.78, 5) is 10.7. The molecule has 0 aliphatic heterocycles. The molecule has 0 aliphatic rings. The van der Waals surface area contributed by atoms with Crippen molar-refractivity contribution in [1.29, 1.82) is 0 Å². The van der Waals surface area contributed by atoms with Crippen LogP contribution in [-0.4, -0.2) is 17.1 Å². The van der Waals surface area contributed by atoms with E-state index in [0.29, 0.717) is 12.3 Å². The molecule has 3 heteroatoms. The number of carboxylic acids is 1. The summed E-state index contributed by atoms with van der Waals surface area (Å²) in [5.74, 6) is -0.559. The molecule has 0 aromatic heterocycles. The molecule has 0 spiro atoms. The highest BCUT2D eigenvalue weighted by Crippen LogP contribution is 2.20. The maximum Gasteiger partial charge on any atom is 0.320 e. The fourth-order valence-corrected chi connectivity index (χ4v) is 1.61. The van der Waals surface area contributed by atoms with Gasteiger partial charge in [0.1, 0.15) is 6.04 Å². The number of aliphatic carboxylic acids is 1. The Bertz CT molecular complexity index is 347. The van der Waals surface area contributed by atoms with Crippen molar-refractivity contribution in [3.05, 3.63) is 35.4 Å². The highest BCUT2D eigenvalue weighted by molar-refractivity contribution is 5.73. The summed E-state index contributed by atoms with van der Waals surface area (Å²) in [6.07, 6.45) is 0.393. The molecule has 3 nitrogen and oxygen atoms in total. The molecule has 1 rings (SSSR count). The van der Waals surface area contributed by atoms with E-state index < -0.39 is 12.0 Å². The van der Waals surface area contributed by atoms with Gasteiger partial charge in [-0.25, -0.2) is 0 Å². The third-order valence-electron chi connectivity index (χ3n) is 2.43. The van der Waals surface area contributed by atoms with E-state index in [1.807, 2.05) is 24.3 Å². The lowest BCUT2D eigenvalue weighted by Gasteiger charge is -2.14. The van der Waals surface area contributed by atoms with E-state index in [-0.39, 0.29) is 0 Å². The van der Waals surface area contributed by atoms with Crippen LogP contribution in [0.15, 0.2) is 24.3 Å². The number of carboxylic acid groups (broad SMARTS) is 1. The molecule has 0 bridgehead atoms. The summed E-state index contributed by atoms with van der Waals surface area (Å²) in [5, 5.41) is 8.75. The maximum absolute atomic E-state index is 10.7. The number of benzene rings is 1. The minimum Gasteiger partial charge on any atom is -0.480 e. The van der Waals surface area contributed by atoms with Crippen LogP contribution >= 0.6 is 0 Å². The normalized spacial score (nSPS) is 12.8. The summed E-state index contributed by atoms with van der Waals surface area (Å²) in [6.45, 7) is 4.18. The second-order valence-electron chi connectivity index (χ2n) is 4.00. The van der Waals surface area contributed by atoms with Gasteiger partial charge in [-0.05, 0) is 23.5 Å². The van der Waals surface area contributed by atoms with E-state index in [4.69, 9.17) is 10.8 Å². The summed E-state index contributed by atoms with van der Waals surface area (Å²) in [5.41, 5.74) is 7.72. The van der Waals surface area contributed by atoms with E-state index >= 15 is 0 Å². The van der Waals surface area contributed by atoms with Crippen molar-refractivity contribution in [2.45, 2.75) is 32.2 Å². The van der Waals surface area contributed by atoms with Crippen molar-refractivity contribution in [2.75, 3.05) is 0 Å². The second kappa shape index (κ2) is 4.94. The van der Waals surface area contributed by atoms with E-state index in [1.54, 1.807) is 0 Å². The zero-order valence-electron chi connectivity index (χ0n) is 9.10. The molecule has 0 radical (unpaired) electrons. The first-order chi connectivity index (χ1) is 7.02. The van der Waals surface area contributed by atoms with Gasteiger partial charge in [-0.3, -0.25) is 4.79 Å². The third kappa shape index (κ3) is 3.06. The van der Waals surface area contributed by atoms with Gasteiger partial charge >= 0.3 is 5.97 Å². The molecule has 1 aromatic carbocycles. The smallest absolute Gasteiger partial charge is 0.320 e. The van der Waals surface area contributed by atoms with Gasteiger partial charge in [0.15, 0.2) is 0 Å². The molecular weight excluding hydrogens is 190 g/mol. The average molecular weight is 207 g/mol. The number of carbonyl (C=O) groups is 1. The highest BCUT2D eigenvalue weighted by atomic mass is 16.4. The Kier molecular flexibility index (Phi) is 3.86. The van der Waals surface area contributed by atoms with Gasteiger partial charge < -0.3 is 10.8 Å². The summed E-state index contributed by atoms with van der Waals surface area (Å²) >= 11 is 0. The van der Waals surface area contributed by atoms with E-state index in [2.05, 4.69) is 13.8 Å². The molecule has 0 fully saturated rings. The van der Waals surface area contributed by atoms with Gasteiger partial charge in [-0.1, -0.05) is 38.1 Å². The van der Waals surface area contributed by atoms with Crippen LogP contribution in [0.25, 0.3) is 0 Å². The molecular formula is C12H17NO2. The molecule has 1 atom stereocenters. The molecule has 82 valence electrons. The Labute approximate surface area is 89.9 Å². The summed E-state index contributed by atoms with van der Waals surface area (Å²) in [7, 11) is 0. The number of rotatable bonds is 4. The second-order valence-corrected chi connectivity index (χ2v) is 4.00. The molecule has 3 N–H and O–H groups in total. The molecule has 0 heterocycles. The van der Waals surface area contributed by atoms with E-state index in [0.717, 1.165) is 5.56 Å². The monoisotopic (exact) mass is 207 g/mol. The van der Waals surface area contributed by atoms with Crippen LogP contribution in [-0.2, 0) is 11.2 Å². The standard InChI is InChI=1S/C12H17NO2/c1-8(2)10-6-4-3-5-9(10)7-11(13)12(14)15/h3-6,8,11H,7,13H2,1-2H3,(H,14,15)/t11-/m1/s1. The first kappa shape index (κ1) is 11.7. The molecule has 0 saturated heterocycles. The molecule has 0 aliphatic carbocycles. The van der Waals surface area contributed by atoms with Crippen LogP contribution in [0, 0.1) is 0 Å². The molecule has 0 unspecified atom stereocenters. The van der Waals surface area contributed by atoms with Crippen molar-refractivity contribution in [3.8, 4) is 0 Å². The first-order valence-electron chi connectivity index (χ1n) is 5.08. The first-order valence-corrected chi connectivity index (χ1v) is 5.08. The van der Waals surface area contributed by atoms with Gasteiger partial charge in [0.25, 0.3) is 0 Å². The molecule has 0 saturated carbocycles. The predicted octanol–water partition coefficient (Wildman–Crippen LogP) is 1.76. The van der Waals surface area contributed by atoms with Gasteiger partial charge in [0.2, 0.25) is 0 Å². The largest absolute Gasteiger partial charge is 0.480 e. The highest BCUT2D eigenvalue weighted by Gasteiger charge is 2.14. The van der Waals surface area contributed by atoms with Gasteiger partial charge in [0.05, 0.1) is 0 Å². The van der Waals surface area contributed by atoms with Crippen molar-refractivity contribution in [2.24, 2.45) is 5.73 Å². The van der Waals surface area contributed by atoms with Gasteiger partial charge in [-0.15, -0.1) is 0 Å². The van der Waals surface area contributed by atoms with Crippen molar-refractivity contribution >= 4 is 5.97 Å². The third-order valence-corrected chi connectivity index (χ3v) is 2.43. The Morgan fingerprint density at radius 1 is 1.40 bits per heavy atom. The Morgan fingerprint density at radius 3 is 2.53 bits per heavy atom. The molecule has 15 heavy (non-hydrogen) atoms. The minimum atomic E-state index is -0.950. The van der Waals surface area contributed by atoms with E-state index in [1.165, 1.54) is 5.56 Å². The van der Waals surface area contributed by atoms with Crippen LogP contribution in [0.4, 0.5) is 0 Å². The SMILES string of the molecule is CC(C)c1ccccc1C[C@@H](N)C(=O)O. The quantitative estimate of drug-likeness (QED) is 0.790. The fourth-order valence-electron chi connectivity index (χ4n) is 1.61. The Hall–Kier alpha value is -1.35. The van der Waals surface area contributed by atoms with Crippen LogP contribution < -0.4 is 5.73 Å². The Balaban J connectivity index is 2.89. The summed E-state index contributed by atoms with van der Waals surface area (Å²) < 4.78 is 0. The summed E-state index contributed by atoms with van der Waals surface area (Å²) in [6, 6.07) is 7.03. The molecule has 0 amide bonds. The minimum absolute atomic E-state index is 0.391. The zero-order valence-corrected chi connectivity index (χ0v) is 9.10. The average Bonchev–Trinajstić information content (AvgIpc) is 2.18. The van der Waals surface area contributed by atoms with E-state index in [9.17, 15) is 4.79 Å². The van der Waals surface area contributed by atoms with Crippen LogP contribution in [0.1, 0.15) is 30.9 Å². The molecule has 1 aromatic rings. The van der Waals surface area contributed by atoms with Crippen LogP contribution in [0.5, 0.6) is 0 Å².